The van der Waals surface area contributed by atoms with Gasteiger partial charge in [0.25, 0.3) is 0 Å². The molecule has 0 radical (unpaired) electrons. The summed E-state index contributed by atoms with van der Waals surface area (Å²) in [7, 11) is -4.67. The summed E-state index contributed by atoms with van der Waals surface area (Å²) in [5, 5.41) is 11.2. The summed E-state index contributed by atoms with van der Waals surface area (Å²) in [5.74, 6) is 0.0741. The van der Waals surface area contributed by atoms with Crippen molar-refractivity contribution in [1.29, 1.82) is 0 Å². The van der Waals surface area contributed by atoms with Crippen molar-refractivity contribution in [2.24, 2.45) is 0 Å². The van der Waals surface area contributed by atoms with Crippen molar-refractivity contribution in [3.8, 4) is 0 Å². The molecule has 0 heterocycles. The van der Waals surface area contributed by atoms with E-state index in [4.69, 9.17) is 22.6 Å². The van der Waals surface area contributed by atoms with Crippen molar-refractivity contribution >= 4 is 16.3 Å². The number of nitrogens with one attached hydrogen (secondary N) is 1. The van der Waals surface area contributed by atoms with Gasteiger partial charge in [-0.3, -0.25) is 13.9 Å². The molecule has 0 aliphatic carbocycles. The van der Waals surface area contributed by atoms with Crippen molar-refractivity contribution in [2.75, 3.05) is 13.2 Å². The van der Waals surface area contributed by atoms with Gasteiger partial charge in [0, 0.05) is 13.0 Å². The first-order valence-electron chi connectivity index (χ1n) is 8.88. The number of carbonyl (C=O) groups is 1. The summed E-state index contributed by atoms with van der Waals surface area (Å²) in [6.07, 6.45) is 14.9. The third-order valence-corrected chi connectivity index (χ3v) is 3.44. The molecule has 0 aliphatic heterocycles. The summed E-state index contributed by atoms with van der Waals surface area (Å²) < 4.78 is 31.6. The highest BCUT2D eigenvalue weighted by Crippen LogP contribution is 2.11. The van der Waals surface area contributed by atoms with E-state index in [1.165, 1.54) is 57.8 Å². The van der Waals surface area contributed by atoms with E-state index < -0.39 is 10.4 Å². The van der Waals surface area contributed by atoms with Gasteiger partial charge in [0.15, 0.2) is 0 Å². The lowest BCUT2D eigenvalue weighted by atomic mass is 10.1. The highest BCUT2D eigenvalue weighted by Gasteiger charge is 1.99. The second kappa shape index (κ2) is 18.6. The van der Waals surface area contributed by atoms with Crippen LogP contribution in [0, 0.1) is 0 Å². The zero-order chi connectivity index (χ0) is 18.7. The predicted molar refractivity (Wildman–Crippen MR) is 95.4 cm³/mol. The number of aliphatic hydroxyl groups is 1. The molecule has 0 saturated heterocycles. The number of hydrogen-bond donors (Lipinski definition) is 4. The number of hydrogen-bond acceptors (Lipinski definition) is 4. The van der Waals surface area contributed by atoms with Crippen molar-refractivity contribution in [3.05, 3.63) is 0 Å². The topological polar surface area (TPSA) is 124 Å². The highest BCUT2D eigenvalue weighted by molar-refractivity contribution is 7.79. The lowest BCUT2D eigenvalue weighted by molar-refractivity contribution is -0.121. The zero-order valence-corrected chi connectivity index (χ0v) is 15.7. The Morgan fingerprint density at radius 1 is 0.833 bits per heavy atom. The van der Waals surface area contributed by atoms with Gasteiger partial charge in [0.2, 0.25) is 5.91 Å². The van der Waals surface area contributed by atoms with Crippen molar-refractivity contribution < 1.29 is 27.4 Å². The average Bonchev–Trinajstić information content (AvgIpc) is 2.49. The molecule has 0 aliphatic rings. The Bertz CT molecular complexity index is 365. The summed E-state index contributed by atoms with van der Waals surface area (Å²) in [4.78, 5) is 11.2. The SMILES string of the molecule is CCCCCCCCCCCCCC(=O)NCCO.O=S(=O)(O)O. The van der Waals surface area contributed by atoms with Crippen LogP contribution in [0.25, 0.3) is 0 Å². The zero-order valence-electron chi connectivity index (χ0n) is 14.9. The quantitative estimate of drug-likeness (QED) is 0.275. The van der Waals surface area contributed by atoms with E-state index in [2.05, 4.69) is 12.2 Å². The maximum Gasteiger partial charge on any atom is 0.394 e. The van der Waals surface area contributed by atoms with Gasteiger partial charge in [0.1, 0.15) is 0 Å². The molecule has 8 heteroatoms. The summed E-state index contributed by atoms with van der Waals surface area (Å²) in [5.41, 5.74) is 0. The predicted octanol–water partition coefficient (Wildman–Crippen LogP) is 3.14. The lowest BCUT2D eigenvalue weighted by Gasteiger charge is -2.04. The molecule has 4 N–H and O–H groups in total. The average molecular weight is 370 g/mol. The van der Waals surface area contributed by atoms with Crippen LogP contribution in [0.5, 0.6) is 0 Å². The van der Waals surface area contributed by atoms with Crippen molar-refractivity contribution in [1.82, 2.24) is 5.32 Å². The van der Waals surface area contributed by atoms with Crippen molar-refractivity contribution in [3.63, 3.8) is 0 Å². The van der Waals surface area contributed by atoms with Crippen LogP contribution in [0.15, 0.2) is 0 Å². The number of carbonyl (C=O) groups excluding carboxylic acids is 1. The van der Waals surface area contributed by atoms with Crippen LogP contribution in [-0.2, 0) is 15.2 Å². The molecule has 24 heavy (non-hydrogen) atoms. The minimum absolute atomic E-state index is 0.0317. The fourth-order valence-electron chi connectivity index (χ4n) is 2.23. The maximum atomic E-state index is 11.2. The van der Waals surface area contributed by atoms with Gasteiger partial charge in [0.05, 0.1) is 6.61 Å². The van der Waals surface area contributed by atoms with Crippen LogP contribution in [0.2, 0.25) is 0 Å². The minimum atomic E-state index is -4.67. The number of rotatable bonds is 14. The van der Waals surface area contributed by atoms with Gasteiger partial charge < -0.3 is 10.4 Å². The van der Waals surface area contributed by atoms with Crippen LogP contribution < -0.4 is 5.32 Å². The Labute approximate surface area is 146 Å². The fourth-order valence-corrected chi connectivity index (χ4v) is 2.23. The van der Waals surface area contributed by atoms with Crippen LogP contribution in [-0.4, -0.2) is 41.7 Å². The van der Waals surface area contributed by atoms with E-state index >= 15 is 0 Å². The Hall–Kier alpha value is -0.700. The normalized spacial score (nSPS) is 10.8. The number of aliphatic hydroxyl groups excluding tert-OH is 1. The Kier molecular flexibility index (Phi) is 19.8. The molecule has 0 aromatic rings. The molecule has 0 saturated carbocycles. The first-order valence-corrected chi connectivity index (χ1v) is 10.3. The van der Waals surface area contributed by atoms with E-state index in [-0.39, 0.29) is 12.5 Å². The van der Waals surface area contributed by atoms with Gasteiger partial charge in [-0.25, -0.2) is 0 Å². The molecular formula is C16H35NO6S. The number of unbranched alkanes of at least 4 members (excludes halogenated alkanes) is 10. The summed E-state index contributed by atoms with van der Waals surface area (Å²) in [6, 6.07) is 0. The molecule has 0 unspecified atom stereocenters. The molecule has 0 atom stereocenters. The van der Waals surface area contributed by atoms with Crippen molar-refractivity contribution in [2.45, 2.75) is 84.0 Å². The largest absolute Gasteiger partial charge is 0.395 e. The highest BCUT2D eigenvalue weighted by atomic mass is 32.3. The monoisotopic (exact) mass is 369 g/mol. The molecule has 0 aromatic carbocycles. The van der Waals surface area contributed by atoms with Gasteiger partial charge in [-0.15, -0.1) is 0 Å². The first-order chi connectivity index (χ1) is 11.3. The van der Waals surface area contributed by atoms with Crippen LogP contribution >= 0.6 is 0 Å². The third kappa shape index (κ3) is 33.0. The standard InChI is InChI=1S/C16H33NO2.H2O4S/c1-2-3-4-5-6-7-8-9-10-11-12-13-16(19)17-14-15-18;1-5(2,3)4/h18H,2-15H2,1H3,(H,17,19);(H2,1,2,3,4). The molecule has 0 spiro atoms. The van der Waals surface area contributed by atoms with E-state index in [1.54, 1.807) is 0 Å². The summed E-state index contributed by atoms with van der Waals surface area (Å²) >= 11 is 0. The minimum Gasteiger partial charge on any atom is -0.395 e. The van der Waals surface area contributed by atoms with Gasteiger partial charge >= 0.3 is 10.4 Å². The Morgan fingerprint density at radius 3 is 1.58 bits per heavy atom. The third-order valence-electron chi connectivity index (χ3n) is 3.44. The van der Waals surface area contributed by atoms with Gasteiger partial charge in [-0.05, 0) is 6.42 Å². The Morgan fingerprint density at radius 2 is 1.21 bits per heavy atom. The molecular weight excluding hydrogens is 334 g/mol. The molecule has 0 fully saturated rings. The molecule has 7 nitrogen and oxygen atoms in total. The van der Waals surface area contributed by atoms with Crippen LogP contribution in [0.3, 0.4) is 0 Å². The molecule has 1 amide bonds. The Balaban J connectivity index is 0. The van der Waals surface area contributed by atoms with Crippen LogP contribution in [0.4, 0.5) is 0 Å². The van der Waals surface area contributed by atoms with Gasteiger partial charge in [-0.1, -0.05) is 71.1 Å². The first kappa shape index (κ1) is 25.5. The summed E-state index contributed by atoms with van der Waals surface area (Å²) in [6.45, 7) is 2.67. The molecule has 0 rings (SSSR count). The molecule has 146 valence electrons. The number of amides is 1. The van der Waals surface area contributed by atoms with E-state index in [0.717, 1.165) is 12.8 Å². The van der Waals surface area contributed by atoms with E-state index in [9.17, 15) is 4.79 Å². The second-order valence-electron chi connectivity index (χ2n) is 5.81. The van der Waals surface area contributed by atoms with Crippen LogP contribution in [0.1, 0.15) is 84.0 Å². The van der Waals surface area contributed by atoms with Gasteiger partial charge in [-0.2, -0.15) is 8.42 Å². The molecule has 0 bridgehead atoms. The van der Waals surface area contributed by atoms with E-state index in [1.807, 2.05) is 0 Å². The molecule has 0 aromatic heterocycles. The maximum absolute atomic E-state index is 11.2. The fraction of sp³-hybridized carbons (Fsp3) is 0.938. The lowest BCUT2D eigenvalue weighted by Crippen LogP contribution is -2.25. The second-order valence-corrected chi connectivity index (χ2v) is 6.70. The van der Waals surface area contributed by atoms with E-state index in [0.29, 0.717) is 13.0 Å². The smallest absolute Gasteiger partial charge is 0.394 e.